The van der Waals surface area contributed by atoms with Crippen molar-refractivity contribution >= 4 is 0 Å². The van der Waals surface area contributed by atoms with Crippen LogP contribution in [0.4, 0.5) is 0 Å². The van der Waals surface area contributed by atoms with Crippen LogP contribution in [0, 0.1) is 13.8 Å². The van der Waals surface area contributed by atoms with Crippen LogP contribution in [0.5, 0.6) is 0 Å². The van der Waals surface area contributed by atoms with Crippen molar-refractivity contribution in [1.82, 2.24) is 9.88 Å². The van der Waals surface area contributed by atoms with Crippen molar-refractivity contribution in [3.63, 3.8) is 0 Å². The molecule has 0 aliphatic heterocycles. The fraction of sp³-hybridized carbons (Fsp3) is 0.389. The van der Waals surface area contributed by atoms with Crippen LogP contribution in [0.25, 0.3) is 0 Å². The third kappa shape index (κ3) is 4.38. The van der Waals surface area contributed by atoms with Crippen LogP contribution in [0.15, 0.2) is 42.7 Å². The number of hydrogen-bond acceptors (Lipinski definition) is 3. The lowest BCUT2D eigenvalue weighted by molar-refractivity contribution is 0.112. The summed E-state index contributed by atoms with van der Waals surface area (Å²) >= 11 is 0. The molecule has 1 heterocycles. The SMILES string of the molecule is CCN(Cc1ccncc1)CC(O)c1cc(C)ccc1C. The smallest absolute Gasteiger partial charge is 0.0919 e. The maximum Gasteiger partial charge on any atom is 0.0919 e. The predicted octanol–water partition coefficient (Wildman–Crippen LogP) is 3.25. The second-order valence-corrected chi connectivity index (χ2v) is 5.56. The van der Waals surface area contributed by atoms with Gasteiger partial charge in [-0.15, -0.1) is 0 Å². The van der Waals surface area contributed by atoms with Crippen molar-refractivity contribution in [2.45, 2.75) is 33.4 Å². The van der Waals surface area contributed by atoms with Crippen molar-refractivity contribution in [3.8, 4) is 0 Å². The van der Waals surface area contributed by atoms with Crippen LogP contribution in [0.3, 0.4) is 0 Å². The molecule has 3 heteroatoms. The molecular weight excluding hydrogens is 260 g/mol. The van der Waals surface area contributed by atoms with Gasteiger partial charge in [-0.05, 0) is 49.2 Å². The number of hydrogen-bond donors (Lipinski definition) is 1. The largest absolute Gasteiger partial charge is 0.387 e. The molecule has 0 saturated heterocycles. The molecule has 2 aromatic rings. The van der Waals surface area contributed by atoms with Crippen LogP contribution in [-0.4, -0.2) is 28.1 Å². The van der Waals surface area contributed by atoms with Gasteiger partial charge in [-0.1, -0.05) is 30.7 Å². The molecule has 2 rings (SSSR count). The van der Waals surface area contributed by atoms with E-state index in [0.717, 1.165) is 24.2 Å². The summed E-state index contributed by atoms with van der Waals surface area (Å²) in [5.41, 5.74) is 4.59. The number of aromatic nitrogens is 1. The highest BCUT2D eigenvalue weighted by molar-refractivity contribution is 5.32. The average molecular weight is 284 g/mol. The Hall–Kier alpha value is -1.71. The molecular formula is C18H24N2O. The van der Waals surface area contributed by atoms with Gasteiger partial charge in [0.05, 0.1) is 6.10 Å². The number of aliphatic hydroxyl groups excluding tert-OH is 1. The normalized spacial score (nSPS) is 12.6. The van der Waals surface area contributed by atoms with Crippen molar-refractivity contribution in [3.05, 3.63) is 65.0 Å². The average Bonchev–Trinajstić information content (AvgIpc) is 2.50. The molecule has 21 heavy (non-hydrogen) atoms. The van der Waals surface area contributed by atoms with Crippen molar-refractivity contribution < 1.29 is 5.11 Å². The zero-order valence-electron chi connectivity index (χ0n) is 13.1. The van der Waals surface area contributed by atoms with Crippen LogP contribution < -0.4 is 0 Å². The fourth-order valence-electron chi connectivity index (χ4n) is 2.51. The van der Waals surface area contributed by atoms with E-state index in [1.165, 1.54) is 11.1 Å². The first-order valence-corrected chi connectivity index (χ1v) is 7.46. The summed E-state index contributed by atoms with van der Waals surface area (Å²) in [6, 6.07) is 10.3. The van der Waals surface area contributed by atoms with Crippen molar-refractivity contribution in [1.29, 1.82) is 0 Å². The molecule has 0 spiro atoms. The number of nitrogens with zero attached hydrogens (tertiary/aromatic N) is 2. The van der Waals surface area contributed by atoms with Gasteiger partial charge in [0.25, 0.3) is 0 Å². The Balaban J connectivity index is 2.05. The summed E-state index contributed by atoms with van der Waals surface area (Å²) in [6.45, 7) is 8.62. The third-order valence-corrected chi connectivity index (χ3v) is 3.83. The minimum atomic E-state index is -0.452. The molecule has 0 radical (unpaired) electrons. The van der Waals surface area contributed by atoms with E-state index in [4.69, 9.17) is 0 Å². The Labute approximate surface area is 127 Å². The molecule has 1 N–H and O–H groups in total. The molecule has 3 nitrogen and oxygen atoms in total. The Kier molecular flexibility index (Phi) is 5.48. The fourth-order valence-corrected chi connectivity index (χ4v) is 2.51. The van der Waals surface area contributed by atoms with E-state index < -0.39 is 6.10 Å². The molecule has 0 aliphatic rings. The lowest BCUT2D eigenvalue weighted by Gasteiger charge is -2.25. The first kappa shape index (κ1) is 15.7. The summed E-state index contributed by atoms with van der Waals surface area (Å²) in [6.07, 6.45) is 3.17. The van der Waals surface area contributed by atoms with Gasteiger partial charge < -0.3 is 5.11 Å². The zero-order chi connectivity index (χ0) is 15.2. The third-order valence-electron chi connectivity index (χ3n) is 3.83. The lowest BCUT2D eigenvalue weighted by atomic mass is 10.0. The minimum Gasteiger partial charge on any atom is -0.387 e. The second-order valence-electron chi connectivity index (χ2n) is 5.56. The number of likely N-dealkylation sites (N-methyl/N-ethyl adjacent to an activating group) is 1. The molecule has 1 unspecified atom stereocenters. The number of aryl methyl sites for hydroxylation is 2. The first-order chi connectivity index (χ1) is 10.1. The van der Waals surface area contributed by atoms with Gasteiger partial charge in [0.1, 0.15) is 0 Å². The van der Waals surface area contributed by atoms with E-state index in [0.29, 0.717) is 6.54 Å². The molecule has 0 saturated carbocycles. The summed E-state index contributed by atoms with van der Waals surface area (Å²) in [4.78, 5) is 6.29. The maximum absolute atomic E-state index is 10.6. The van der Waals surface area contributed by atoms with Gasteiger partial charge >= 0.3 is 0 Å². The topological polar surface area (TPSA) is 36.4 Å². The number of benzene rings is 1. The quantitative estimate of drug-likeness (QED) is 0.884. The van der Waals surface area contributed by atoms with E-state index in [2.05, 4.69) is 48.9 Å². The highest BCUT2D eigenvalue weighted by atomic mass is 16.3. The molecule has 0 aliphatic carbocycles. The molecule has 1 aromatic carbocycles. The van der Waals surface area contributed by atoms with Crippen LogP contribution in [-0.2, 0) is 6.54 Å². The van der Waals surface area contributed by atoms with Crippen molar-refractivity contribution in [2.75, 3.05) is 13.1 Å². The van der Waals surface area contributed by atoms with Gasteiger partial charge in [0.2, 0.25) is 0 Å². The number of aliphatic hydroxyl groups is 1. The second kappa shape index (κ2) is 7.34. The molecule has 0 fully saturated rings. The molecule has 112 valence electrons. The van der Waals surface area contributed by atoms with Gasteiger partial charge in [0.15, 0.2) is 0 Å². The van der Waals surface area contributed by atoms with E-state index >= 15 is 0 Å². The Morgan fingerprint density at radius 3 is 2.52 bits per heavy atom. The van der Waals surface area contributed by atoms with Gasteiger partial charge in [-0.25, -0.2) is 0 Å². The predicted molar refractivity (Wildman–Crippen MR) is 86.1 cm³/mol. The number of pyridine rings is 1. The molecule has 0 amide bonds. The van der Waals surface area contributed by atoms with Gasteiger partial charge in [0, 0.05) is 25.5 Å². The van der Waals surface area contributed by atoms with Gasteiger partial charge in [-0.2, -0.15) is 0 Å². The highest BCUT2D eigenvalue weighted by Gasteiger charge is 2.15. The maximum atomic E-state index is 10.6. The minimum absolute atomic E-state index is 0.452. The Morgan fingerprint density at radius 2 is 1.86 bits per heavy atom. The monoisotopic (exact) mass is 284 g/mol. The summed E-state index contributed by atoms with van der Waals surface area (Å²) in [7, 11) is 0. The Bertz CT molecular complexity index is 569. The summed E-state index contributed by atoms with van der Waals surface area (Å²) < 4.78 is 0. The molecule has 0 bridgehead atoms. The standard InChI is InChI=1S/C18H24N2O/c1-4-20(12-16-7-9-19-10-8-16)13-18(21)17-11-14(2)5-6-15(17)3/h5-11,18,21H,4,12-13H2,1-3H3. The van der Waals surface area contributed by atoms with E-state index in [1.54, 1.807) is 0 Å². The Morgan fingerprint density at radius 1 is 1.14 bits per heavy atom. The summed E-state index contributed by atoms with van der Waals surface area (Å²) in [5.74, 6) is 0. The van der Waals surface area contributed by atoms with Crippen LogP contribution in [0.2, 0.25) is 0 Å². The van der Waals surface area contributed by atoms with E-state index in [-0.39, 0.29) is 0 Å². The van der Waals surface area contributed by atoms with Crippen molar-refractivity contribution in [2.24, 2.45) is 0 Å². The number of rotatable bonds is 6. The molecule has 1 atom stereocenters. The van der Waals surface area contributed by atoms with Crippen LogP contribution >= 0.6 is 0 Å². The lowest BCUT2D eigenvalue weighted by Crippen LogP contribution is -2.28. The van der Waals surface area contributed by atoms with Gasteiger partial charge in [-0.3, -0.25) is 9.88 Å². The van der Waals surface area contributed by atoms with E-state index in [1.807, 2.05) is 24.5 Å². The first-order valence-electron chi connectivity index (χ1n) is 7.46. The highest BCUT2D eigenvalue weighted by Crippen LogP contribution is 2.20. The summed E-state index contributed by atoms with van der Waals surface area (Å²) in [5, 5.41) is 10.6. The molecule has 1 aromatic heterocycles. The van der Waals surface area contributed by atoms with Crippen LogP contribution in [0.1, 0.15) is 35.3 Å². The van der Waals surface area contributed by atoms with E-state index in [9.17, 15) is 5.11 Å². The zero-order valence-corrected chi connectivity index (χ0v) is 13.1.